The molecular weight excluding hydrogens is 773 g/mol. The topological polar surface area (TPSA) is 197 Å². The highest BCUT2D eigenvalue weighted by Gasteiger charge is 2.54. The van der Waals surface area contributed by atoms with E-state index in [1.54, 1.807) is 54.6 Å². The van der Waals surface area contributed by atoms with E-state index in [2.05, 4.69) is 10.6 Å². The number of hydrogen-bond acceptors (Lipinski definition) is 10. The van der Waals surface area contributed by atoms with Crippen molar-refractivity contribution in [2.45, 2.75) is 63.6 Å². The van der Waals surface area contributed by atoms with Gasteiger partial charge in [-0.1, -0.05) is 105 Å². The maximum atomic E-state index is 13.9. The Bertz CT molecular complexity index is 2370. The van der Waals surface area contributed by atoms with Crippen LogP contribution in [0, 0.1) is 5.92 Å². The fraction of sp³-hybridized carbons (Fsp3) is 0.265. The predicted molar refractivity (Wildman–Crippen MR) is 228 cm³/mol. The molecule has 0 bridgehead atoms. The Morgan fingerprint density at radius 2 is 1.10 bits per heavy atom. The molecule has 2 atom stereocenters. The van der Waals surface area contributed by atoms with Gasteiger partial charge in [0.15, 0.2) is 23.0 Å². The molecule has 0 saturated carbocycles. The van der Waals surface area contributed by atoms with Crippen LogP contribution in [0.5, 0.6) is 11.5 Å². The van der Waals surface area contributed by atoms with Crippen molar-refractivity contribution in [2.24, 2.45) is 17.4 Å². The van der Waals surface area contributed by atoms with Crippen molar-refractivity contribution in [1.82, 2.24) is 10.6 Å². The Balaban J connectivity index is 1.28. The number of fused-ring (bicyclic) bond motifs is 6. The van der Waals surface area contributed by atoms with Crippen LogP contribution in [-0.2, 0) is 55.2 Å². The van der Waals surface area contributed by atoms with Crippen molar-refractivity contribution in [1.29, 1.82) is 0 Å². The van der Waals surface area contributed by atoms with Gasteiger partial charge in [-0.05, 0) is 65.3 Å². The van der Waals surface area contributed by atoms with Gasteiger partial charge in [0.25, 0.3) is 0 Å². The minimum Gasteiger partial charge on any atom is -0.456 e. The highest BCUT2D eigenvalue weighted by molar-refractivity contribution is 6.01. The van der Waals surface area contributed by atoms with Crippen LogP contribution in [0.25, 0.3) is 0 Å². The molecule has 0 radical (unpaired) electrons. The lowest BCUT2D eigenvalue weighted by Crippen LogP contribution is -2.45. The first kappa shape index (κ1) is 42.4. The lowest BCUT2D eigenvalue weighted by atomic mass is 9.76. The summed E-state index contributed by atoms with van der Waals surface area (Å²) in [5.74, 6) is -1.41. The van der Waals surface area contributed by atoms with Crippen LogP contribution in [0.15, 0.2) is 115 Å². The number of esters is 1. The number of hydrogen-bond donors (Lipinski definition) is 4. The molecule has 7 rings (SSSR count). The molecule has 0 aliphatic carbocycles. The van der Waals surface area contributed by atoms with Crippen LogP contribution in [0.1, 0.15) is 79.9 Å². The van der Waals surface area contributed by atoms with Crippen LogP contribution in [0.2, 0.25) is 0 Å². The molecule has 5 aromatic rings. The van der Waals surface area contributed by atoms with Gasteiger partial charge in [0, 0.05) is 41.5 Å². The van der Waals surface area contributed by atoms with E-state index in [1.165, 1.54) is 0 Å². The molecule has 2 aliphatic heterocycles. The molecule has 2 amide bonds. The Labute approximate surface area is 354 Å². The van der Waals surface area contributed by atoms with Crippen molar-refractivity contribution in [3.05, 3.63) is 165 Å². The first-order valence-corrected chi connectivity index (χ1v) is 20.4. The van der Waals surface area contributed by atoms with Crippen LogP contribution in [0.4, 0.5) is 0 Å². The van der Waals surface area contributed by atoms with Crippen molar-refractivity contribution in [3.63, 3.8) is 0 Å². The molecule has 312 valence electrons. The van der Waals surface area contributed by atoms with E-state index in [1.807, 2.05) is 74.5 Å². The average Bonchev–Trinajstić information content (AvgIpc) is 3.54. The number of Topliss-reactive ketones (excluding diaryl/α,β-unsaturated/α-hetero) is 3. The summed E-state index contributed by atoms with van der Waals surface area (Å²) in [7, 11) is 0. The Morgan fingerprint density at radius 3 is 1.56 bits per heavy atom. The molecule has 0 fully saturated rings. The zero-order valence-corrected chi connectivity index (χ0v) is 34.1. The van der Waals surface area contributed by atoms with E-state index in [9.17, 15) is 28.8 Å². The highest BCUT2D eigenvalue weighted by Crippen LogP contribution is 2.56. The number of carbonyl (C=O) groups is 6. The third kappa shape index (κ3) is 9.20. The zero-order chi connectivity index (χ0) is 43.3. The maximum Gasteiger partial charge on any atom is 0.340 e. The number of ketones is 3. The van der Waals surface area contributed by atoms with E-state index in [4.69, 9.17) is 20.9 Å². The van der Waals surface area contributed by atoms with Gasteiger partial charge in [0.05, 0.1) is 30.7 Å². The highest BCUT2D eigenvalue weighted by atomic mass is 16.6. The Morgan fingerprint density at radius 1 is 0.607 bits per heavy atom. The molecule has 61 heavy (non-hydrogen) atoms. The van der Waals surface area contributed by atoms with Gasteiger partial charge in [-0.15, -0.1) is 0 Å². The minimum atomic E-state index is -1.55. The van der Waals surface area contributed by atoms with Gasteiger partial charge in [0.2, 0.25) is 11.8 Å². The van der Waals surface area contributed by atoms with E-state index in [0.29, 0.717) is 51.3 Å². The standard InChI is InChI=1S/C49H48N4O8/c1-29(2)19-41(54)34-15-16-35-38(26-34)49(61-48(35)59)36-17-13-32(22-42(55)39(52-46(57)27-50)20-30-9-5-3-6-10-30)24-44(36)60-45-25-33(14-18-37(45)49)23-43(56)40(53-47(58)28-51)21-31-11-7-4-8-12-31/h3-18,24-26,29,39-40H,19-23,27-28,50-51H2,1-2H3,(H,52,57)(H,53,58). The number of ether oxygens (including phenoxy) is 2. The molecule has 6 N–H and O–H groups in total. The van der Waals surface area contributed by atoms with Crippen molar-refractivity contribution in [3.8, 4) is 11.5 Å². The maximum absolute atomic E-state index is 13.9. The molecule has 0 aromatic heterocycles. The summed E-state index contributed by atoms with van der Waals surface area (Å²) >= 11 is 0. The second-order valence-corrected chi connectivity index (χ2v) is 15.9. The van der Waals surface area contributed by atoms with Gasteiger partial charge in [-0.2, -0.15) is 0 Å². The summed E-state index contributed by atoms with van der Waals surface area (Å²) in [5, 5.41) is 5.52. The molecule has 2 aliphatic rings. The summed E-state index contributed by atoms with van der Waals surface area (Å²) in [5.41, 5.74) is 14.6. The summed E-state index contributed by atoms with van der Waals surface area (Å²) in [4.78, 5) is 79.9. The average molecular weight is 821 g/mol. The number of rotatable bonds is 17. The Hall–Kier alpha value is -6.76. The van der Waals surface area contributed by atoms with E-state index in [-0.39, 0.29) is 67.6 Å². The fourth-order valence-electron chi connectivity index (χ4n) is 8.04. The van der Waals surface area contributed by atoms with Crippen LogP contribution in [0.3, 0.4) is 0 Å². The number of amides is 2. The van der Waals surface area contributed by atoms with E-state index in [0.717, 1.165) is 11.1 Å². The second-order valence-electron chi connectivity index (χ2n) is 15.9. The number of benzene rings is 5. The molecule has 2 heterocycles. The number of nitrogens with one attached hydrogen (secondary N) is 2. The summed E-state index contributed by atoms with van der Waals surface area (Å²) in [6.45, 7) is 3.37. The lowest BCUT2D eigenvalue weighted by molar-refractivity contribution is -0.126. The van der Waals surface area contributed by atoms with Crippen molar-refractivity contribution < 1.29 is 38.2 Å². The van der Waals surface area contributed by atoms with Crippen molar-refractivity contribution >= 4 is 35.1 Å². The first-order chi connectivity index (χ1) is 29.4. The monoisotopic (exact) mass is 820 g/mol. The third-order valence-corrected chi connectivity index (χ3v) is 11.0. The Kier molecular flexibility index (Phi) is 12.7. The van der Waals surface area contributed by atoms with Crippen LogP contribution in [-0.4, -0.2) is 60.3 Å². The second kappa shape index (κ2) is 18.2. The molecule has 12 nitrogen and oxygen atoms in total. The normalized spacial score (nSPS) is 15.7. The first-order valence-electron chi connectivity index (χ1n) is 20.4. The predicted octanol–water partition coefficient (Wildman–Crippen LogP) is 5.08. The molecular formula is C49H48N4O8. The van der Waals surface area contributed by atoms with Gasteiger partial charge >= 0.3 is 5.97 Å². The molecule has 1 spiro atoms. The smallest absolute Gasteiger partial charge is 0.340 e. The molecule has 0 saturated heterocycles. The third-order valence-electron chi connectivity index (χ3n) is 11.0. The quantitative estimate of drug-likeness (QED) is 0.0726. The number of carbonyl (C=O) groups excluding carboxylic acids is 6. The SMILES string of the molecule is CC(C)CC(=O)c1ccc2c(c1)C1(OC2=O)c2ccc(CC(=O)C(Cc3ccccc3)NC(=O)CN)cc2Oc2cc(CC(=O)C(Cc3ccccc3)NC(=O)CN)ccc21. The van der Waals surface area contributed by atoms with E-state index >= 15 is 0 Å². The minimum absolute atomic E-state index is 0.0745. The number of nitrogens with two attached hydrogens (primary N) is 2. The van der Waals surface area contributed by atoms with Crippen molar-refractivity contribution in [2.75, 3.05) is 13.1 Å². The molecule has 2 unspecified atom stereocenters. The zero-order valence-electron chi connectivity index (χ0n) is 34.1. The van der Waals surface area contributed by atoms with Gasteiger partial charge < -0.3 is 31.6 Å². The molecule has 5 aromatic carbocycles. The fourth-order valence-corrected chi connectivity index (χ4v) is 8.04. The largest absolute Gasteiger partial charge is 0.456 e. The summed E-state index contributed by atoms with van der Waals surface area (Å²) < 4.78 is 13.0. The van der Waals surface area contributed by atoms with Crippen LogP contribution >= 0.6 is 0 Å². The molecule has 12 heteroatoms. The lowest BCUT2D eigenvalue weighted by Gasteiger charge is -2.37. The summed E-state index contributed by atoms with van der Waals surface area (Å²) in [6, 6.07) is 32.4. The van der Waals surface area contributed by atoms with Crippen LogP contribution < -0.4 is 26.8 Å². The summed E-state index contributed by atoms with van der Waals surface area (Å²) in [6.07, 6.45) is 0.679. The van der Waals surface area contributed by atoms with Gasteiger partial charge in [0.1, 0.15) is 11.5 Å². The van der Waals surface area contributed by atoms with Gasteiger partial charge in [-0.25, -0.2) is 4.79 Å². The van der Waals surface area contributed by atoms with Gasteiger partial charge in [-0.3, -0.25) is 24.0 Å². The van der Waals surface area contributed by atoms with E-state index < -0.39 is 35.5 Å².